The first-order valence-electron chi connectivity index (χ1n) is 6.40. The average molecular weight is 351 g/mol. The number of carbonyl (C=O) groups excluding carboxylic acids is 2. The van der Waals surface area contributed by atoms with Crippen LogP contribution < -0.4 is 15.2 Å². The molecule has 1 rings (SSSR count). The Morgan fingerprint density at radius 3 is 2.29 bits per heavy atom. The lowest BCUT2D eigenvalue weighted by Gasteiger charge is -2.11. The Morgan fingerprint density at radius 2 is 1.75 bits per heavy atom. The summed E-state index contributed by atoms with van der Waals surface area (Å²) in [6.45, 7) is -5.12. The zero-order valence-electron chi connectivity index (χ0n) is 12.2. The number of ether oxygens (including phenoxy) is 3. The zero-order chi connectivity index (χ0) is 18.3. The highest BCUT2D eigenvalue weighted by molar-refractivity contribution is 5.90. The summed E-state index contributed by atoms with van der Waals surface area (Å²) >= 11 is 0. The van der Waals surface area contributed by atoms with Gasteiger partial charge in [0, 0.05) is 17.7 Å². The second-order valence-electron chi connectivity index (χ2n) is 4.27. The number of carbonyl (C=O) groups is 2. The fraction of sp³-hybridized carbons (Fsp3) is 0.286. The van der Waals surface area contributed by atoms with E-state index in [-0.39, 0.29) is 5.56 Å². The Labute approximate surface area is 133 Å². The summed E-state index contributed by atoms with van der Waals surface area (Å²) in [6.07, 6.45) is 0.696. The van der Waals surface area contributed by atoms with Crippen molar-refractivity contribution >= 4 is 18.0 Å². The molecule has 0 bridgehead atoms. The molecule has 2 N–H and O–H groups in total. The molecule has 1 atom stereocenters. The lowest BCUT2D eigenvalue weighted by Crippen LogP contribution is -2.29. The minimum Gasteiger partial charge on any atom is -0.449 e. The molecule has 1 aromatic carbocycles. The molecule has 132 valence electrons. The highest BCUT2D eigenvalue weighted by Gasteiger charge is 2.14. The fourth-order valence-electron chi connectivity index (χ4n) is 1.46. The summed E-state index contributed by atoms with van der Waals surface area (Å²) in [5.41, 5.74) is 4.88. The summed E-state index contributed by atoms with van der Waals surface area (Å²) in [5, 5.41) is 0. The van der Waals surface area contributed by atoms with Gasteiger partial charge in [-0.05, 0) is 25.1 Å². The maximum atomic E-state index is 12.4. The Bertz CT molecular complexity index is 621. The molecule has 24 heavy (non-hydrogen) atoms. The number of rotatable bonds is 8. The molecule has 1 amide bonds. The first kappa shape index (κ1) is 19.3. The van der Waals surface area contributed by atoms with Gasteiger partial charge in [-0.2, -0.15) is 17.6 Å². The number of alkyl halides is 4. The monoisotopic (exact) mass is 351 g/mol. The van der Waals surface area contributed by atoms with Crippen LogP contribution in [0.1, 0.15) is 12.5 Å². The molecule has 10 heteroatoms. The van der Waals surface area contributed by atoms with E-state index in [1.165, 1.54) is 6.92 Å². The van der Waals surface area contributed by atoms with Gasteiger partial charge in [-0.3, -0.25) is 4.79 Å². The lowest BCUT2D eigenvalue weighted by molar-refractivity contribution is -0.148. The number of hydrogen-bond donors (Lipinski definition) is 1. The first-order valence-corrected chi connectivity index (χ1v) is 6.40. The van der Waals surface area contributed by atoms with Crippen LogP contribution in [0.15, 0.2) is 24.3 Å². The van der Waals surface area contributed by atoms with Gasteiger partial charge in [0.1, 0.15) is 11.5 Å². The van der Waals surface area contributed by atoms with Gasteiger partial charge < -0.3 is 19.9 Å². The van der Waals surface area contributed by atoms with E-state index in [1.807, 2.05) is 0 Å². The van der Waals surface area contributed by atoms with Crippen LogP contribution in [-0.4, -0.2) is 31.2 Å². The van der Waals surface area contributed by atoms with E-state index in [0.29, 0.717) is 0 Å². The van der Waals surface area contributed by atoms with Crippen LogP contribution in [0.5, 0.6) is 11.5 Å². The predicted octanol–water partition coefficient (Wildman–Crippen LogP) is 2.32. The molecule has 0 aliphatic carbocycles. The van der Waals surface area contributed by atoms with Crippen LogP contribution >= 0.6 is 0 Å². The average Bonchev–Trinajstić information content (AvgIpc) is 2.45. The van der Waals surface area contributed by atoms with E-state index < -0.39 is 42.7 Å². The van der Waals surface area contributed by atoms with Crippen molar-refractivity contribution in [2.24, 2.45) is 5.73 Å². The first-order chi connectivity index (χ1) is 11.2. The Kier molecular flexibility index (Phi) is 7.02. The minimum absolute atomic E-state index is 0.0272. The highest BCUT2D eigenvalue weighted by Crippen LogP contribution is 2.28. The topological polar surface area (TPSA) is 87.8 Å². The van der Waals surface area contributed by atoms with E-state index in [1.54, 1.807) is 0 Å². The number of nitrogens with two attached hydrogens (primary N) is 1. The number of hydrogen-bond acceptors (Lipinski definition) is 5. The molecule has 0 heterocycles. The molecule has 0 saturated carbocycles. The van der Waals surface area contributed by atoms with Crippen LogP contribution in [0.4, 0.5) is 17.6 Å². The number of amides is 1. The maximum absolute atomic E-state index is 12.4. The minimum atomic E-state index is -3.22. The zero-order valence-corrected chi connectivity index (χ0v) is 12.2. The van der Waals surface area contributed by atoms with Gasteiger partial charge in [0.15, 0.2) is 6.10 Å². The van der Waals surface area contributed by atoms with Crippen molar-refractivity contribution in [1.29, 1.82) is 0 Å². The molecule has 1 aromatic rings. The van der Waals surface area contributed by atoms with Gasteiger partial charge in [-0.25, -0.2) is 4.79 Å². The summed E-state index contributed by atoms with van der Waals surface area (Å²) in [4.78, 5) is 22.2. The molecule has 0 saturated heterocycles. The van der Waals surface area contributed by atoms with Gasteiger partial charge in [-0.1, -0.05) is 0 Å². The van der Waals surface area contributed by atoms with Crippen LogP contribution in [0.25, 0.3) is 6.08 Å². The summed E-state index contributed by atoms with van der Waals surface area (Å²) < 4.78 is 61.9. The molecular weight excluding hydrogens is 338 g/mol. The molecular formula is C14H13F4NO5. The van der Waals surface area contributed by atoms with Crippen LogP contribution in [-0.2, 0) is 14.3 Å². The lowest BCUT2D eigenvalue weighted by atomic mass is 10.1. The Morgan fingerprint density at radius 1 is 1.12 bits per heavy atom. The summed E-state index contributed by atoms with van der Waals surface area (Å²) in [6, 6.07) is 3.01. The number of benzene rings is 1. The van der Waals surface area contributed by atoms with E-state index in [0.717, 1.165) is 30.4 Å². The van der Waals surface area contributed by atoms with Crippen molar-refractivity contribution in [2.45, 2.75) is 26.3 Å². The third kappa shape index (κ3) is 6.55. The molecule has 0 unspecified atom stereocenters. The third-order valence-electron chi connectivity index (χ3n) is 2.52. The van der Waals surface area contributed by atoms with Crippen molar-refractivity contribution in [3.63, 3.8) is 0 Å². The number of primary amides is 1. The van der Waals surface area contributed by atoms with Crippen molar-refractivity contribution in [3.8, 4) is 11.5 Å². The van der Waals surface area contributed by atoms with Gasteiger partial charge in [-0.15, -0.1) is 0 Å². The normalized spacial score (nSPS) is 12.5. The van der Waals surface area contributed by atoms with Gasteiger partial charge in [0.05, 0.1) is 0 Å². The molecule has 0 spiro atoms. The molecule has 0 aromatic heterocycles. The van der Waals surface area contributed by atoms with Gasteiger partial charge in [0.25, 0.3) is 5.91 Å². The molecule has 0 aliphatic rings. The van der Waals surface area contributed by atoms with Crippen molar-refractivity contribution < 1.29 is 41.4 Å². The molecule has 0 radical (unpaired) electrons. The number of esters is 1. The standard InChI is InChI=1S/C14H13F4NO5/c1-7(12(19)21)22-11(20)5-3-8-2-4-9(23-13(15)16)6-10(8)24-14(17)18/h2-7,13-14H,1H3,(H2,19,21)/b5-3+/t7-/m0/s1. The van der Waals surface area contributed by atoms with Crippen LogP contribution in [0, 0.1) is 0 Å². The third-order valence-corrected chi connectivity index (χ3v) is 2.52. The van der Waals surface area contributed by atoms with Crippen molar-refractivity contribution in [1.82, 2.24) is 0 Å². The van der Waals surface area contributed by atoms with E-state index >= 15 is 0 Å². The smallest absolute Gasteiger partial charge is 0.387 e. The molecule has 6 nitrogen and oxygen atoms in total. The summed E-state index contributed by atoms with van der Waals surface area (Å²) in [5.74, 6) is -2.72. The largest absolute Gasteiger partial charge is 0.449 e. The second kappa shape index (κ2) is 8.75. The Balaban J connectivity index is 2.94. The quantitative estimate of drug-likeness (QED) is 0.441. The van der Waals surface area contributed by atoms with E-state index in [4.69, 9.17) is 5.73 Å². The summed E-state index contributed by atoms with van der Waals surface area (Å²) in [7, 11) is 0. The predicted molar refractivity (Wildman–Crippen MR) is 73.5 cm³/mol. The van der Waals surface area contributed by atoms with E-state index in [2.05, 4.69) is 14.2 Å². The SMILES string of the molecule is C[C@H](OC(=O)/C=C/c1ccc(OC(F)F)cc1OC(F)F)C(N)=O. The van der Waals surface area contributed by atoms with Crippen molar-refractivity contribution in [3.05, 3.63) is 29.8 Å². The highest BCUT2D eigenvalue weighted by atomic mass is 19.3. The second-order valence-corrected chi connectivity index (χ2v) is 4.27. The molecule has 0 aliphatic heterocycles. The van der Waals surface area contributed by atoms with Crippen LogP contribution in [0.2, 0.25) is 0 Å². The van der Waals surface area contributed by atoms with Crippen LogP contribution in [0.3, 0.4) is 0 Å². The maximum Gasteiger partial charge on any atom is 0.387 e. The fourth-order valence-corrected chi connectivity index (χ4v) is 1.46. The van der Waals surface area contributed by atoms with E-state index in [9.17, 15) is 27.2 Å². The Hall–Kier alpha value is -2.78. The molecule has 0 fully saturated rings. The van der Waals surface area contributed by atoms with Gasteiger partial charge >= 0.3 is 19.2 Å². The van der Waals surface area contributed by atoms with Gasteiger partial charge in [0.2, 0.25) is 0 Å². The van der Waals surface area contributed by atoms with Crippen molar-refractivity contribution in [2.75, 3.05) is 0 Å². The number of halogens is 4.